The van der Waals surface area contributed by atoms with E-state index >= 15 is 0 Å². The van der Waals surface area contributed by atoms with Gasteiger partial charge in [0.1, 0.15) is 5.82 Å². The van der Waals surface area contributed by atoms with Gasteiger partial charge in [-0.15, -0.1) is 0 Å². The average Bonchev–Trinajstić information content (AvgIpc) is 2.63. The van der Waals surface area contributed by atoms with Crippen LogP contribution in [0.2, 0.25) is 0 Å². The minimum absolute atomic E-state index is 0.0288. The van der Waals surface area contributed by atoms with Crippen LogP contribution in [0.3, 0.4) is 0 Å². The normalized spacial score (nSPS) is 11.0. The number of pyridine rings is 1. The summed E-state index contributed by atoms with van der Waals surface area (Å²) in [6, 6.07) is 22.6. The van der Waals surface area contributed by atoms with E-state index in [0.29, 0.717) is 17.9 Å². The van der Waals surface area contributed by atoms with Gasteiger partial charge in [-0.25, -0.2) is 13.4 Å². The molecular formula is C19H19N3O2S. The SMILES string of the molecule is O=S(=O)(CCc1ccccc1)Nc1ccc(Nc2ccccc2)nc1. The van der Waals surface area contributed by atoms with E-state index < -0.39 is 10.0 Å². The van der Waals surface area contributed by atoms with Crippen molar-refractivity contribution < 1.29 is 8.42 Å². The maximum atomic E-state index is 12.2. The zero-order valence-corrected chi connectivity index (χ0v) is 14.4. The highest BCUT2D eigenvalue weighted by Crippen LogP contribution is 2.16. The highest BCUT2D eigenvalue weighted by Gasteiger charge is 2.11. The molecule has 5 nitrogen and oxygen atoms in total. The molecule has 0 saturated carbocycles. The lowest BCUT2D eigenvalue weighted by Crippen LogP contribution is -2.18. The molecule has 3 aromatic rings. The summed E-state index contributed by atoms with van der Waals surface area (Å²) in [5.41, 5.74) is 2.37. The van der Waals surface area contributed by atoms with Crippen LogP contribution in [0.1, 0.15) is 5.56 Å². The zero-order chi connectivity index (χ0) is 17.5. The van der Waals surface area contributed by atoms with Crippen LogP contribution in [0.4, 0.5) is 17.2 Å². The molecule has 0 unspecified atom stereocenters. The molecule has 0 saturated heterocycles. The van der Waals surface area contributed by atoms with Crippen molar-refractivity contribution >= 4 is 27.2 Å². The summed E-state index contributed by atoms with van der Waals surface area (Å²) < 4.78 is 27.0. The Labute approximate surface area is 147 Å². The van der Waals surface area contributed by atoms with Crippen LogP contribution in [-0.2, 0) is 16.4 Å². The molecule has 0 spiro atoms. The van der Waals surface area contributed by atoms with Crippen LogP contribution in [0.15, 0.2) is 79.0 Å². The van der Waals surface area contributed by atoms with Gasteiger partial charge < -0.3 is 5.32 Å². The summed E-state index contributed by atoms with van der Waals surface area (Å²) in [6.07, 6.45) is 1.97. The Balaban J connectivity index is 1.58. The number of hydrogen-bond acceptors (Lipinski definition) is 4. The summed E-state index contributed by atoms with van der Waals surface area (Å²) in [7, 11) is -3.41. The van der Waals surface area contributed by atoms with Gasteiger partial charge >= 0.3 is 0 Å². The summed E-state index contributed by atoms with van der Waals surface area (Å²) in [5, 5.41) is 3.15. The lowest BCUT2D eigenvalue weighted by molar-refractivity contribution is 0.600. The molecule has 0 radical (unpaired) electrons. The molecule has 25 heavy (non-hydrogen) atoms. The molecule has 1 heterocycles. The van der Waals surface area contributed by atoms with Gasteiger partial charge in [0.25, 0.3) is 0 Å². The molecule has 2 N–H and O–H groups in total. The fraction of sp³-hybridized carbons (Fsp3) is 0.105. The van der Waals surface area contributed by atoms with Gasteiger partial charge in [-0.1, -0.05) is 48.5 Å². The fourth-order valence-corrected chi connectivity index (χ4v) is 3.41. The van der Waals surface area contributed by atoms with Crippen molar-refractivity contribution in [3.8, 4) is 0 Å². The maximum Gasteiger partial charge on any atom is 0.233 e. The fourth-order valence-electron chi connectivity index (χ4n) is 2.33. The van der Waals surface area contributed by atoms with E-state index in [2.05, 4.69) is 15.0 Å². The van der Waals surface area contributed by atoms with Crippen LogP contribution in [0.5, 0.6) is 0 Å². The van der Waals surface area contributed by atoms with Crippen molar-refractivity contribution in [2.75, 3.05) is 15.8 Å². The van der Waals surface area contributed by atoms with Crippen molar-refractivity contribution in [2.45, 2.75) is 6.42 Å². The molecule has 0 aliphatic heterocycles. The largest absolute Gasteiger partial charge is 0.340 e. The van der Waals surface area contributed by atoms with E-state index in [4.69, 9.17) is 0 Å². The number of anilines is 3. The van der Waals surface area contributed by atoms with E-state index in [1.165, 1.54) is 6.20 Å². The van der Waals surface area contributed by atoms with E-state index in [9.17, 15) is 8.42 Å². The van der Waals surface area contributed by atoms with E-state index in [1.54, 1.807) is 12.1 Å². The van der Waals surface area contributed by atoms with Gasteiger partial charge in [-0.3, -0.25) is 4.72 Å². The minimum atomic E-state index is -3.41. The lowest BCUT2D eigenvalue weighted by Gasteiger charge is -2.09. The Morgan fingerprint density at radius 1 is 0.800 bits per heavy atom. The van der Waals surface area contributed by atoms with E-state index in [1.807, 2.05) is 60.7 Å². The first-order chi connectivity index (χ1) is 12.1. The number of rotatable bonds is 7. The minimum Gasteiger partial charge on any atom is -0.340 e. The Hall–Kier alpha value is -2.86. The van der Waals surface area contributed by atoms with Crippen LogP contribution in [0, 0.1) is 0 Å². The van der Waals surface area contributed by atoms with Crippen molar-refractivity contribution in [1.82, 2.24) is 4.98 Å². The third kappa shape index (κ3) is 5.32. The van der Waals surface area contributed by atoms with Crippen molar-refractivity contribution in [3.05, 3.63) is 84.6 Å². The number of nitrogens with zero attached hydrogens (tertiary/aromatic N) is 1. The predicted octanol–water partition coefficient (Wildman–Crippen LogP) is 3.81. The highest BCUT2D eigenvalue weighted by atomic mass is 32.2. The highest BCUT2D eigenvalue weighted by molar-refractivity contribution is 7.92. The maximum absolute atomic E-state index is 12.2. The number of aryl methyl sites for hydroxylation is 1. The first-order valence-corrected chi connectivity index (χ1v) is 9.58. The predicted molar refractivity (Wildman–Crippen MR) is 102 cm³/mol. The first-order valence-electron chi connectivity index (χ1n) is 7.93. The van der Waals surface area contributed by atoms with Gasteiger partial charge in [0.15, 0.2) is 0 Å². The average molecular weight is 353 g/mol. The molecular weight excluding hydrogens is 334 g/mol. The Bertz CT molecular complexity index is 896. The number of para-hydroxylation sites is 1. The summed E-state index contributed by atoms with van der Waals surface area (Å²) in [5.74, 6) is 0.680. The second-order valence-electron chi connectivity index (χ2n) is 5.58. The smallest absolute Gasteiger partial charge is 0.233 e. The molecule has 0 fully saturated rings. The molecule has 2 aromatic carbocycles. The monoisotopic (exact) mass is 353 g/mol. The van der Waals surface area contributed by atoms with Crippen LogP contribution < -0.4 is 10.0 Å². The molecule has 3 rings (SSSR count). The molecule has 128 valence electrons. The van der Waals surface area contributed by atoms with Crippen molar-refractivity contribution in [2.24, 2.45) is 0 Å². The van der Waals surface area contributed by atoms with Crippen LogP contribution in [-0.4, -0.2) is 19.2 Å². The molecule has 0 amide bonds. The molecule has 6 heteroatoms. The van der Waals surface area contributed by atoms with Crippen molar-refractivity contribution in [3.63, 3.8) is 0 Å². The van der Waals surface area contributed by atoms with Crippen LogP contribution >= 0.6 is 0 Å². The lowest BCUT2D eigenvalue weighted by atomic mass is 10.2. The third-order valence-corrected chi connectivity index (χ3v) is 4.87. The van der Waals surface area contributed by atoms with Gasteiger partial charge in [-0.05, 0) is 36.2 Å². The second kappa shape index (κ2) is 7.81. The second-order valence-corrected chi connectivity index (χ2v) is 7.42. The Morgan fingerprint density at radius 3 is 2.12 bits per heavy atom. The summed E-state index contributed by atoms with van der Waals surface area (Å²) in [4.78, 5) is 4.24. The molecule has 0 aliphatic rings. The summed E-state index contributed by atoms with van der Waals surface area (Å²) in [6.45, 7) is 0. The Morgan fingerprint density at radius 2 is 1.48 bits per heavy atom. The third-order valence-electron chi connectivity index (χ3n) is 3.59. The topological polar surface area (TPSA) is 71.1 Å². The quantitative estimate of drug-likeness (QED) is 0.677. The number of aromatic nitrogens is 1. The summed E-state index contributed by atoms with van der Waals surface area (Å²) >= 11 is 0. The Kier molecular flexibility index (Phi) is 5.30. The number of nitrogens with one attached hydrogen (secondary N) is 2. The van der Waals surface area contributed by atoms with Crippen molar-refractivity contribution in [1.29, 1.82) is 0 Å². The van der Waals surface area contributed by atoms with Gasteiger partial charge in [0.05, 0.1) is 17.6 Å². The van der Waals surface area contributed by atoms with Gasteiger partial charge in [0.2, 0.25) is 10.0 Å². The van der Waals surface area contributed by atoms with E-state index in [-0.39, 0.29) is 5.75 Å². The standard InChI is InChI=1S/C19H19N3O2S/c23-25(24,14-13-16-7-3-1-4-8-16)22-18-11-12-19(20-15-18)21-17-9-5-2-6-10-17/h1-12,15,22H,13-14H2,(H,20,21). The number of sulfonamides is 1. The van der Waals surface area contributed by atoms with Crippen LogP contribution in [0.25, 0.3) is 0 Å². The molecule has 0 bridgehead atoms. The molecule has 1 aromatic heterocycles. The molecule has 0 aliphatic carbocycles. The van der Waals surface area contributed by atoms with Gasteiger partial charge in [0, 0.05) is 5.69 Å². The zero-order valence-electron chi connectivity index (χ0n) is 13.6. The van der Waals surface area contributed by atoms with E-state index in [0.717, 1.165) is 11.3 Å². The number of benzene rings is 2. The van der Waals surface area contributed by atoms with Gasteiger partial charge in [-0.2, -0.15) is 0 Å². The molecule has 0 atom stereocenters. The number of hydrogen-bond donors (Lipinski definition) is 2. The first kappa shape index (κ1) is 17.0.